The second kappa shape index (κ2) is 7.42. The van der Waals surface area contributed by atoms with E-state index in [0.717, 1.165) is 0 Å². The van der Waals surface area contributed by atoms with Crippen molar-refractivity contribution in [3.05, 3.63) is 0 Å². The standard InChI is InChI=1S/C6H6BF3O7.Li.H/c1-2(6(8,9)10)3(11)16-4(12)5(13)17-7(14)15;;/h2,14-15H,1H3;;/q;+1;-1. The average Bonchev–Trinajstić information content (AvgIpc) is 2.13. The van der Waals surface area contributed by atoms with Crippen LogP contribution in [0.1, 0.15) is 8.35 Å². The van der Waals surface area contributed by atoms with Gasteiger partial charge in [0.25, 0.3) is 0 Å². The first-order valence-corrected chi connectivity index (χ1v) is 3.95. The molecule has 0 bridgehead atoms. The summed E-state index contributed by atoms with van der Waals surface area (Å²) >= 11 is 0. The van der Waals surface area contributed by atoms with Gasteiger partial charge in [-0.2, -0.15) is 13.2 Å². The molecule has 0 aromatic heterocycles. The Kier molecular flexibility index (Phi) is 7.97. The summed E-state index contributed by atoms with van der Waals surface area (Å²) in [5.74, 6) is -8.72. The van der Waals surface area contributed by atoms with Crippen LogP contribution in [0.4, 0.5) is 13.2 Å². The van der Waals surface area contributed by atoms with Crippen LogP contribution >= 0.6 is 0 Å². The number of halogens is 3. The molecule has 0 radical (unpaired) electrons. The van der Waals surface area contributed by atoms with Crippen molar-refractivity contribution in [3.8, 4) is 0 Å². The molecule has 2 N–H and O–H groups in total. The monoisotopic (exact) mass is 266 g/mol. The first-order chi connectivity index (χ1) is 7.55. The number of hydrogen-bond donors (Lipinski definition) is 2. The molecular formula is C6H7BF3LiO7. The third-order valence-electron chi connectivity index (χ3n) is 1.42. The summed E-state index contributed by atoms with van der Waals surface area (Å²) in [6, 6.07) is 0. The van der Waals surface area contributed by atoms with Crippen LogP contribution in [0.5, 0.6) is 0 Å². The van der Waals surface area contributed by atoms with Gasteiger partial charge in [-0.15, -0.1) is 0 Å². The van der Waals surface area contributed by atoms with Crippen LogP contribution in [0, 0.1) is 5.92 Å². The van der Waals surface area contributed by atoms with E-state index in [0.29, 0.717) is 6.92 Å². The fourth-order valence-corrected chi connectivity index (χ4v) is 0.499. The number of esters is 2. The van der Waals surface area contributed by atoms with Crippen molar-refractivity contribution in [3.63, 3.8) is 0 Å². The van der Waals surface area contributed by atoms with Gasteiger partial charge in [-0.1, -0.05) is 0 Å². The van der Waals surface area contributed by atoms with Crippen molar-refractivity contribution in [2.75, 3.05) is 0 Å². The zero-order chi connectivity index (χ0) is 13.8. The predicted octanol–water partition coefficient (Wildman–Crippen LogP) is -4.12. The van der Waals surface area contributed by atoms with Crippen LogP contribution in [0.15, 0.2) is 0 Å². The first-order valence-electron chi connectivity index (χ1n) is 3.95. The Bertz CT molecular complexity index is 337. The normalized spacial score (nSPS) is 11.9. The fourth-order valence-electron chi connectivity index (χ4n) is 0.499. The summed E-state index contributed by atoms with van der Waals surface area (Å²) in [6.07, 6.45) is -4.93. The quantitative estimate of drug-likeness (QED) is 0.226. The predicted molar refractivity (Wildman–Crippen MR) is 43.7 cm³/mol. The van der Waals surface area contributed by atoms with Gasteiger partial charge in [0.05, 0.1) is 0 Å². The molecule has 0 aliphatic heterocycles. The van der Waals surface area contributed by atoms with Gasteiger partial charge in [0.1, 0.15) is 5.92 Å². The summed E-state index contributed by atoms with van der Waals surface area (Å²) in [5, 5.41) is 16.2. The van der Waals surface area contributed by atoms with E-state index in [4.69, 9.17) is 10.0 Å². The Morgan fingerprint density at radius 3 is 2.00 bits per heavy atom. The minimum atomic E-state index is -4.93. The maximum absolute atomic E-state index is 12.0. The molecule has 1 atom stereocenters. The summed E-state index contributed by atoms with van der Waals surface area (Å²) in [5.41, 5.74) is 0. The molecule has 0 rings (SSSR count). The topological polar surface area (TPSA) is 110 Å². The van der Waals surface area contributed by atoms with E-state index >= 15 is 0 Å². The van der Waals surface area contributed by atoms with Gasteiger partial charge in [0, 0.05) is 0 Å². The van der Waals surface area contributed by atoms with E-state index in [1.54, 1.807) is 0 Å². The van der Waals surface area contributed by atoms with Crippen molar-refractivity contribution in [2.45, 2.75) is 13.1 Å². The summed E-state index contributed by atoms with van der Waals surface area (Å²) < 4.78 is 42.8. The van der Waals surface area contributed by atoms with Gasteiger partial charge in [0.2, 0.25) is 0 Å². The van der Waals surface area contributed by atoms with Crippen molar-refractivity contribution in [1.82, 2.24) is 0 Å². The molecule has 0 aromatic rings. The Morgan fingerprint density at radius 1 is 1.22 bits per heavy atom. The molecule has 0 amide bonds. The van der Waals surface area contributed by atoms with E-state index in [1.165, 1.54) is 0 Å². The maximum Gasteiger partial charge on any atom is 1.00 e. The van der Waals surface area contributed by atoms with Gasteiger partial charge < -0.3 is 20.9 Å². The molecule has 0 fully saturated rings. The minimum absolute atomic E-state index is 0. The SMILES string of the molecule is CC(C(=O)OC(=O)C(=O)OB(O)O)C(F)(F)F.[H-].[Li+]. The van der Waals surface area contributed by atoms with E-state index < -0.39 is 37.3 Å². The maximum atomic E-state index is 12.0. The molecule has 0 saturated heterocycles. The Balaban J connectivity index is -0.00000128. The third-order valence-corrected chi connectivity index (χ3v) is 1.42. The van der Waals surface area contributed by atoms with Gasteiger partial charge in [-0.05, 0) is 6.92 Å². The number of alkyl halides is 3. The Hall–Kier alpha value is -1.02. The van der Waals surface area contributed by atoms with Crippen LogP contribution in [0.2, 0.25) is 0 Å². The molecule has 0 aromatic carbocycles. The third kappa shape index (κ3) is 6.65. The van der Waals surface area contributed by atoms with E-state index in [-0.39, 0.29) is 20.3 Å². The second-order valence-corrected chi connectivity index (χ2v) is 2.70. The smallest absolute Gasteiger partial charge is 1.00 e. The van der Waals surface area contributed by atoms with Gasteiger partial charge in [-0.25, -0.2) is 9.59 Å². The van der Waals surface area contributed by atoms with Crippen LogP contribution in [0.3, 0.4) is 0 Å². The zero-order valence-electron chi connectivity index (χ0n) is 10.2. The summed E-state index contributed by atoms with van der Waals surface area (Å²) in [7, 11) is -2.65. The average molecular weight is 266 g/mol. The van der Waals surface area contributed by atoms with Crippen molar-refractivity contribution >= 4 is 25.2 Å². The largest absolute Gasteiger partial charge is 1.00 e. The number of ether oxygens (including phenoxy) is 1. The number of carbonyl (C=O) groups is 3. The fraction of sp³-hybridized carbons (Fsp3) is 0.500. The molecule has 7 nitrogen and oxygen atoms in total. The molecule has 0 saturated carbocycles. The summed E-state index contributed by atoms with van der Waals surface area (Å²) in [6.45, 7) is 0.418. The number of rotatable bonds is 2. The molecular weight excluding hydrogens is 259 g/mol. The van der Waals surface area contributed by atoms with Crippen LogP contribution in [-0.2, 0) is 23.8 Å². The second-order valence-electron chi connectivity index (χ2n) is 2.70. The van der Waals surface area contributed by atoms with E-state index in [9.17, 15) is 27.6 Å². The van der Waals surface area contributed by atoms with Gasteiger partial charge in [-0.3, -0.25) is 4.79 Å². The number of carbonyl (C=O) groups excluding carboxylic acids is 3. The first kappa shape index (κ1) is 19.3. The van der Waals surface area contributed by atoms with Crippen LogP contribution < -0.4 is 18.9 Å². The molecule has 12 heteroatoms. The number of hydrogen-bond acceptors (Lipinski definition) is 7. The van der Waals surface area contributed by atoms with E-state index in [2.05, 4.69) is 9.39 Å². The van der Waals surface area contributed by atoms with Crippen LogP contribution in [-0.4, -0.2) is 41.5 Å². The Morgan fingerprint density at radius 2 is 1.67 bits per heavy atom. The van der Waals surface area contributed by atoms with E-state index in [1.807, 2.05) is 0 Å². The zero-order valence-corrected chi connectivity index (χ0v) is 9.22. The molecule has 0 heterocycles. The molecule has 98 valence electrons. The molecule has 18 heavy (non-hydrogen) atoms. The Labute approximate surface area is 112 Å². The van der Waals surface area contributed by atoms with Crippen molar-refractivity contribution in [1.29, 1.82) is 0 Å². The van der Waals surface area contributed by atoms with Crippen molar-refractivity contribution < 1.29 is 67.3 Å². The van der Waals surface area contributed by atoms with Gasteiger partial charge >= 0.3 is 50.3 Å². The van der Waals surface area contributed by atoms with Crippen molar-refractivity contribution in [2.24, 2.45) is 5.92 Å². The van der Waals surface area contributed by atoms with Gasteiger partial charge in [0.15, 0.2) is 0 Å². The molecule has 0 aliphatic rings. The molecule has 0 aliphatic carbocycles. The molecule has 0 spiro atoms. The summed E-state index contributed by atoms with van der Waals surface area (Å²) in [4.78, 5) is 31.8. The molecule has 1 unspecified atom stereocenters. The minimum Gasteiger partial charge on any atom is -1.00 e. The van der Waals surface area contributed by atoms with Crippen LogP contribution in [0.25, 0.3) is 0 Å².